The molecule has 4 nitrogen and oxygen atoms in total. The molecule has 1 saturated carbocycles. The molecule has 1 fully saturated rings. The van der Waals surface area contributed by atoms with Gasteiger partial charge in [0, 0.05) is 18.8 Å². The third kappa shape index (κ3) is 3.31. The molecule has 5 heteroatoms. The van der Waals surface area contributed by atoms with E-state index in [1.165, 1.54) is 19.3 Å². The quantitative estimate of drug-likeness (QED) is 0.908. The summed E-state index contributed by atoms with van der Waals surface area (Å²) in [4.78, 5) is 10.7. The summed E-state index contributed by atoms with van der Waals surface area (Å²) in [6, 6.07) is 0.638. The second-order valence-corrected chi connectivity index (χ2v) is 5.86. The molecule has 0 bridgehead atoms. The van der Waals surface area contributed by atoms with E-state index >= 15 is 0 Å². The molecule has 17 heavy (non-hydrogen) atoms. The van der Waals surface area contributed by atoms with E-state index in [4.69, 9.17) is 5.73 Å². The van der Waals surface area contributed by atoms with E-state index in [1.807, 2.05) is 0 Å². The molecule has 0 unspecified atom stereocenters. The highest BCUT2D eigenvalue weighted by Gasteiger charge is 2.31. The number of nitrogens with zero attached hydrogens (tertiary/aromatic N) is 3. The fraction of sp³-hybridized carbons (Fsp3) is 0.667. The fourth-order valence-corrected chi connectivity index (χ4v) is 2.24. The van der Waals surface area contributed by atoms with Crippen molar-refractivity contribution >= 4 is 27.7 Å². The SMILES string of the molecule is CC(C)CCN(c1nc(N)ncc1Br)C1CC1. The highest BCUT2D eigenvalue weighted by atomic mass is 79.9. The topological polar surface area (TPSA) is 55.0 Å². The van der Waals surface area contributed by atoms with Crippen LogP contribution in [-0.4, -0.2) is 22.6 Å². The Morgan fingerprint density at radius 3 is 2.82 bits per heavy atom. The molecule has 0 amide bonds. The number of hydrogen-bond acceptors (Lipinski definition) is 4. The molecule has 0 saturated heterocycles. The van der Waals surface area contributed by atoms with E-state index in [2.05, 4.69) is 44.6 Å². The van der Waals surface area contributed by atoms with Crippen LogP contribution in [0.2, 0.25) is 0 Å². The molecular weight excluding hydrogens is 280 g/mol. The van der Waals surface area contributed by atoms with Gasteiger partial charge in [0.25, 0.3) is 0 Å². The predicted octanol–water partition coefficient (Wildman–Crippen LogP) is 2.84. The minimum Gasteiger partial charge on any atom is -0.368 e. The third-order valence-electron chi connectivity index (χ3n) is 2.95. The number of halogens is 1. The number of hydrogen-bond donors (Lipinski definition) is 1. The maximum Gasteiger partial charge on any atom is 0.222 e. The standard InChI is InChI=1S/C12H19BrN4/c1-8(2)5-6-17(9-3-4-9)11-10(13)7-15-12(14)16-11/h7-9H,3-6H2,1-2H3,(H2,14,15,16). The Labute approximate surface area is 111 Å². The average molecular weight is 299 g/mol. The maximum atomic E-state index is 5.67. The lowest BCUT2D eigenvalue weighted by Gasteiger charge is -2.25. The molecule has 0 atom stereocenters. The zero-order chi connectivity index (χ0) is 12.4. The Hall–Kier alpha value is -0.840. The summed E-state index contributed by atoms with van der Waals surface area (Å²) in [5.41, 5.74) is 5.67. The number of nitrogen functional groups attached to an aromatic ring is 1. The average Bonchev–Trinajstić information content (AvgIpc) is 3.07. The largest absolute Gasteiger partial charge is 0.368 e. The highest BCUT2D eigenvalue weighted by Crippen LogP contribution is 2.34. The van der Waals surface area contributed by atoms with Crippen molar-refractivity contribution in [3.63, 3.8) is 0 Å². The third-order valence-corrected chi connectivity index (χ3v) is 3.51. The summed E-state index contributed by atoms with van der Waals surface area (Å²) in [6.45, 7) is 5.53. The van der Waals surface area contributed by atoms with Crippen LogP contribution < -0.4 is 10.6 Å². The van der Waals surface area contributed by atoms with Gasteiger partial charge in [-0.15, -0.1) is 0 Å². The smallest absolute Gasteiger partial charge is 0.222 e. The summed E-state index contributed by atoms with van der Waals surface area (Å²) >= 11 is 3.51. The van der Waals surface area contributed by atoms with Gasteiger partial charge in [-0.3, -0.25) is 0 Å². The van der Waals surface area contributed by atoms with Gasteiger partial charge < -0.3 is 10.6 Å². The van der Waals surface area contributed by atoms with E-state index in [0.717, 1.165) is 16.8 Å². The Morgan fingerprint density at radius 2 is 2.24 bits per heavy atom. The Kier molecular flexibility index (Phi) is 3.86. The Morgan fingerprint density at radius 1 is 1.53 bits per heavy atom. The van der Waals surface area contributed by atoms with Crippen molar-refractivity contribution in [1.82, 2.24) is 9.97 Å². The van der Waals surface area contributed by atoms with Gasteiger partial charge in [-0.1, -0.05) is 13.8 Å². The summed E-state index contributed by atoms with van der Waals surface area (Å²) in [6.07, 6.45) is 5.43. The molecule has 1 aromatic heterocycles. The van der Waals surface area contributed by atoms with Gasteiger partial charge >= 0.3 is 0 Å². The Bertz CT molecular complexity index is 390. The van der Waals surface area contributed by atoms with Gasteiger partial charge in [0.1, 0.15) is 5.82 Å². The normalized spacial score (nSPS) is 15.3. The minimum atomic E-state index is 0.346. The second-order valence-electron chi connectivity index (χ2n) is 5.01. The summed E-state index contributed by atoms with van der Waals surface area (Å²) < 4.78 is 0.933. The maximum absolute atomic E-state index is 5.67. The fourth-order valence-electron chi connectivity index (χ4n) is 1.82. The van der Waals surface area contributed by atoms with Crippen molar-refractivity contribution < 1.29 is 0 Å². The summed E-state index contributed by atoms with van der Waals surface area (Å²) in [7, 11) is 0. The predicted molar refractivity (Wildman–Crippen MR) is 74.0 cm³/mol. The number of aromatic nitrogens is 2. The van der Waals surface area contributed by atoms with Gasteiger partial charge in [-0.25, -0.2) is 4.98 Å². The van der Waals surface area contributed by atoms with Crippen LogP contribution in [0, 0.1) is 5.92 Å². The molecule has 1 aromatic rings. The van der Waals surface area contributed by atoms with Gasteiger partial charge in [0.05, 0.1) is 4.47 Å². The lowest BCUT2D eigenvalue weighted by Crippen LogP contribution is -2.29. The molecule has 0 radical (unpaired) electrons. The van der Waals surface area contributed by atoms with Crippen molar-refractivity contribution in [2.75, 3.05) is 17.2 Å². The van der Waals surface area contributed by atoms with Crippen LogP contribution in [0.15, 0.2) is 10.7 Å². The van der Waals surface area contributed by atoms with Gasteiger partial charge in [0.2, 0.25) is 5.95 Å². The van der Waals surface area contributed by atoms with Crippen LogP contribution in [0.25, 0.3) is 0 Å². The zero-order valence-corrected chi connectivity index (χ0v) is 11.9. The first kappa shape index (κ1) is 12.6. The molecule has 0 spiro atoms. The Balaban J connectivity index is 2.16. The van der Waals surface area contributed by atoms with Crippen molar-refractivity contribution in [2.24, 2.45) is 5.92 Å². The molecule has 2 rings (SSSR count). The lowest BCUT2D eigenvalue weighted by atomic mass is 10.1. The zero-order valence-electron chi connectivity index (χ0n) is 10.4. The van der Waals surface area contributed by atoms with Crippen LogP contribution in [0.3, 0.4) is 0 Å². The molecule has 1 aliphatic carbocycles. The van der Waals surface area contributed by atoms with Crippen LogP contribution in [0.5, 0.6) is 0 Å². The summed E-state index contributed by atoms with van der Waals surface area (Å²) in [5.74, 6) is 1.99. The number of rotatable bonds is 5. The molecular formula is C12H19BrN4. The molecule has 2 N–H and O–H groups in total. The van der Waals surface area contributed by atoms with Gasteiger partial charge in [-0.05, 0) is 41.1 Å². The van der Waals surface area contributed by atoms with Crippen molar-refractivity contribution in [1.29, 1.82) is 0 Å². The monoisotopic (exact) mass is 298 g/mol. The number of anilines is 2. The molecule has 94 valence electrons. The van der Waals surface area contributed by atoms with Crippen LogP contribution >= 0.6 is 15.9 Å². The lowest BCUT2D eigenvalue weighted by molar-refractivity contribution is 0.568. The molecule has 0 aliphatic heterocycles. The minimum absolute atomic E-state index is 0.346. The highest BCUT2D eigenvalue weighted by molar-refractivity contribution is 9.10. The first-order valence-corrected chi connectivity index (χ1v) is 6.92. The van der Waals surface area contributed by atoms with Crippen molar-refractivity contribution in [3.8, 4) is 0 Å². The van der Waals surface area contributed by atoms with Crippen molar-refractivity contribution in [3.05, 3.63) is 10.7 Å². The second kappa shape index (κ2) is 5.21. The van der Waals surface area contributed by atoms with Crippen LogP contribution in [-0.2, 0) is 0 Å². The molecule has 0 aromatic carbocycles. The molecule has 1 aliphatic rings. The first-order valence-electron chi connectivity index (χ1n) is 6.12. The van der Waals surface area contributed by atoms with E-state index in [0.29, 0.717) is 17.9 Å². The van der Waals surface area contributed by atoms with Gasteiger partial charge in [-0.2, -0.15) is 4.98 Å². The van der Waals surface area contributed by atoms with Crippen molar-refractivity contribution in [2.45, 2.75) is 39.2 Å². The van der Waals surface area contributed by atoms with E-state index in [9.17, 15) is 0 Å². The van der Waals surface area contributed by atoms with E-state index < -0.39 is 0 Å². The number of nitrogens with two attached hydrogens (primary N) is 1. The van der Waals surface area contributed by atoms with E-state index in [-0.39, 0.29) is 0 Å². The van der Waals surface area contributed by atoms with Gasteiger partial charge in [0.15, 0.2) is 0 Å². The molecule has 1 heterocycles. The first-order chi connectivity index (χ1) is 8.08. The summed E-state index contributed by atoms with van der Waals surface area (Å²) in [5, 5.41) is 0. The van der Waals surface area contributed by atoms with Crippen LogP contribution in [0.1, 0.15) is 33.1 Å². The van der Waals surface area contributed by atoms with E-state index in [1.54, 1.807) is 6.20 Å². The van der Waals surface area contributed by atoms with Crippen LogP contribution in [0.4, 0.5) is 11.8 Å².